The highest BCUT2D eigenvalue weighted by atomic mass is 32.2. The molecule has 27 heavy (non-hydrogen) atoms. The quantitative estimate of drug-likeness (QED) is 0.638. The van der Waals surface area contributed by atoms with Crippen LogP contribution < -0.4 is 19.5 Å². The minimum Gasteiger partial charge on any atom is -0.493 e. The van der Waals surface area contributed by atoms with Crippen molar-refractivity contribution in [3.8, 4) is 11.5 Å². The Labute approximate surface area is 161 Å². The van der Waals surface area contributed by atoms with Gasteiger partial charge in [0, 0.05) is 32.1 Å². The maximum absolute atomic E-state index is 12.4. The number of nitrogens with zero attached hydrogens (tertiary/aromatic N) is 1. The van der Waals surface area contributed by atoms with Crippen molar-refractivity contribution in [2.45, 2.75) is 24.2 Å². The topological polar surface area (TPSA) is 97.0 Å². The number of carbonyl (C=O) groups excluding carboxylic acids is 1. The smallest absolute Gasteiger partial charge is 0.240 e. The van der Waals surface area contributed by atoms with Crippen LogP contribution in [0.5, 0.6) is 11.5 Å². The monoisotopic (exact) mass is 399 g/mol. The number of benzene rings is 1. The van der Waals surface area contributed by atoms with Crippen LogP contribution in [0.1, 0.15) is 19.3 Å². The lowest BCUT2D eigenvalue weighted by Gasteiger charge is -2.32. The first-order valence-electron chi connectivity index (χ1n) is 9.05. The van der Waals surface area contributed by atoms with Gasteiger partial charge in [-0.25, -0.2) is 13.1 Å². The third-order valence-electron chi connectivity index (χ3n) is 4.76. The average Bonchev–Trinajstić information content (AvgIpc) is 2.68. The lowest BCUT2D eigenvalue weighted by molar-refractivity contribution is -0.132. The number of methoxy groups -OCH3 is 2. The van der Waals surface area contributed by atoms with E-state index >= 15 is 0 Å². The van der Waals surface area contributed by atoms with E-state index in [1.54, 1.807) is 0 Å². The summed E-state index contributed by atoms with van der Waals surface area (Å²) in [4.78, 5) is 14.2. The van der Waals surface area contributed by atoms with Crippen LogP contribution in [-0.4, -0.2) is 66.7 Å². The molecule has 1 aliphatic heterocycles. The van der Waals surface area contributed by atoms with Crippen molar-refractivity contribution in [1.29, 1.82) is 0 Å². The molecule has 1 fully saturated rings. The Kier molecular flexibility index (Phi) is 7.88. The summed E-state index contributed by atoms with van der Waals surface area (Å²) in [6.45, 7) is 2.49. The van der Waals surface area contributed by atoms with Gasteiger partial charge in [0.1, 0.15) is 0 Å². The first-order chi connectivity index (χ1) is 12.9. The molecule has 1 amide bonds. The van der Waals surface area contributed by atoms with Gasteiger partial charge in [0.05, 0.1) is 19.1 Å². The van der Waals surface area contributed by atoms with E-state index < -0.39 is 10.0 Å². The van der Waals surface area contributed by atoms with Gasteiger partial charge in [-0.1, -0.05) is 0 Å². The van der Waals surface area contributed by atoms with Gasteiger partial charge in [-0.15, -0.1) is 0 Å². The number of ether oxygens (including phenoxy) is 2. The fourth-order valence-electron chi connectivity index (χ4n) is 3.19. The molecule has 1 aromatic carbocycles. The first-order valence-corrected chi connectivity index (χ1v) is 10.5. The molecule has 0 aliphatic carbocycles. The molecule has 0 aromatic heterocycles. The molecule has 8 nitrogen and oxygen atoms in total. The zero-order valence-electron chi connectivity index (χ0n) is 16.2. The molecule has 1 saturated heterocycles. The summed E-state index contributed by atoms with van der Waals surface area (Å²) in [6, 6.07) is 4.38. The number of sulfonamides is 1. The summed E-state index contributed by atoms with van der Waals surface area (Å²) in [6.07, 6.45) is 2.09. The Balaban J connectivity index is 1.86. The minimum absolute atomic E-state index is 0.0204. The van der Waals surface area contributed by atoms with Crippen LogP contribution in [0.15, 0.2) is 23.1 Å². The normalized spacial score (nSPS) is 15.6. The van der Waals surface area contributed by atoms with E-state index in [-0.39, 0.29) is 23.8 Å². The third-order valence-corrected chi connectivity index (χ3v) is 6.21. The summed E-state index contributed by atoms with van der Waals surface area (Å²) in [5.41, 5.74) is 0. The zero-order chi connectivity index (χ0) is 19.9. The van der Waals surface area contributed by atoms with Crippen LogP contribution in [0.2, 0.25) is 0 Å². The molecule has 2 rings (SSSR count). The third kappa shape index (κ3) is 5.82. The van der Waals surface area contributed by atoms with Gasteiger partial charge >= 0.3 is 0 Å². The molecule has 1 heterocycles. The van der Waals surface area contributed by atoms with Crippen LogP contribution >= 0.6 is 0 Å². The highest BCUT2D eigenvalue weighted by Crippen LogP contribution is 2.29. The standard InChI is InChI=1S/C18H29N3O5S/c1-19-13-14-7-10-21(11-8-14)18(22)6-9-20-27(23,24)15-4-5-16(25-2)17(12-15)26-3/h4-5,12,14,19-20H,6-11,13H2,1-3H3. The predicted molar refractivity (Wildman–Crippen MR) is 103 cm³/mol. The SMILES string of the molecule is CNCC1CCN(C(=O)CCNS(=O)(=O)c2ccc(OC)c(OC)c2)CC1. The average molecular weight is 400 g/mol. The Bertz CT molecular complexity index is 731. The molecule has 0 spiro atoms. The van der Waals surface area contributed by atoms with Crippen LogP contribution in [0.3, 0.4) is 0 Å². The number of piperidine rings is 1. The van der Waals surface area contributed by atoms with Crippen molar-refractivity contribution in [2.24, 2.45) is 5.92 Å². The fourth-order valence-corrected chi connectivity index (χ4v) is 4.24. The van der Waals surface area contributed by atoms with Crippen molar-refractivity contribution in [3.05, 3.63) is 18.2 Å². The van der Waals surface area contributed by atoms with E-state index in [4.69, 9.17) is 9.47 Å². The molecule has 1 aliphatic rings. The van der Waals surface area contributed by atoms with Gasteiger partial charge < -0.3 is 19.7 Å². The number of rotatable bonds is 9. The van der Waals surface area contributed by atoms with Gasteiger partial charge in [0.15, 0.2) is 11.5 Å². The van der Waals surface area contributed by atoms with Crippen molar-refractivity contribution in [2.75, 3.05) is 47.4 Å². The second kappa shape index (κ2) is 9.91. The Hall–Kier alpha value is -1.84. The van der Waals surface area contributed by atoms with Gasteiger partial charge in [0.25, 0.3) is 0 Å². The van der Waals surface area contributed by atoms with E-state index in [0.29, 0.717) is 17.4 Å². The molecular formula is C18H29N3O5S. The van der Waals surface area contributed by atoms with E-state index in [2.05, 4.69) is 10.0 Å². The Morgan fingerprint density at radius 2 is 1.85 bits per heavy atom. The highest BCUT2D eigenvalue weighted by molar-refractivity contribution is 7.89. The summed E-state index contributed by atoms with van der Waals surface area (Å²) in [5, 5.41) is 3.17. The van der Waals surface area contributed by atoms with Crippen molar-refractivity contribution < 1.29 is 22.7 Å². The summed E-state index contributed by atoms with van der Waals surface area (Å²) in [5.74, 6) is 1.37. The maximum Gasteiger partial charge on any atom is 0.240 e. The van der Waals surface area contributed by atoms with Crippen LogP contribution in [0, 0.1) is 5.92 Å². The van der Waals surface area contributed by atoms with Gasteiger partial charge in [-0.3, -0.25) is 4.79 Å². The molecule has 0 radical (unpaired) electrons. The van der Waals surface area contributed by atoms with E-state index in [9.17, 15) is 13.2 Å². The molecule has 9 heteroatoms. The predicted octanol–water partition coefficient (Wildman–Crippen LogP) is 0.830. The second-order valence-electron chi connectivity index (χ2n) is 6.55. The number of hydrogen-bond acceptors (Lipinski definition) is 6. The van der Waals surface area contributed by atoms with Gasteiger partial charge in [-0.05, 0) is 44.5 Å². The largest absolute Gasteiger partial charge is 0.493 e. The summed E-state index contributed by atoms with van der Waals surface area (Å²) in [7, 11) is 1.14. The van der Waals surface area contributed by atoms with E-state index in [1.165, 1.54) is 32.4 Å². The Morgan fingerprint density at radius 1 is 1.19 bits per heavy atom. The molecule has 0 bridgehead atoms. The first kappa shape index (κ1) is 21.5. The van der Waals surface area contributed by atoms with Gasteiger partial charge in [0.2, 0.25) is 15.9 Å². The molecule has 1 aromatic rings. The molecule has 0 unspecified atom stereocenters. The van der Waals surface area contributed by atoms with Crippen LogP contribution in [-0.2, 0) is 14.8 Å². The number of carbonyl (C=O) groups is 1. The molecular weight excluding hydrogens is 370 g/mol. The van der Waals surface area contributed by atoms with E-state index in [1.807, 2.05) is 11.9 Å². The fraction of sp³-hybridized carbons (Fsp3) is 0.611. The maximum atomic E-state index is 12.4. The minimum atomic E-state index is -3.72. The number of hydrogen-bond donors (Lipinski definition) is 2. The highest BCUT2D eigenvalue weighted by Gasteiger charge is 2.23. The molecule has 0 saturated carbocycles. The van der Waals surface area contributed by atoms with Crippen molar-refractivity contribution >= 4 is 15.9 Å². The van der Waals surface area contributed by atoms with E-state index in [0.717, 1.165) is 32.5 Å². The number of nitrogens with one attached hydrogen (secondary N) is 2. The summed E-state index contributed by atoms with van der Waals surface area (Å²) < 4.78 is 37.6. The van der Waals surface area contributed by atoms with Crippen LogP contribution in [0.25, 0.3) is 0 Å². The van der Waals surface area contributed by atoms with Crippen molar-refractivity contribution in [1.82, 2.24) is 14.9 Å². The zero-order valence-corrected chi connectivity index (χ0v) is 17.0. The number of amides is 1. The Morgan fingerprint density at radius 3 is 2.44 bits per heavy atom. The van der Waals surface area contributed by atoms with Gasteiger partial charge in [-0.2, -0.15) is 0 Å². The number of likely N-dealkylation sites (tertiary alicyclic amines) is 1. The molecule has 152 valence electrons. The molecule has 2 N–H and O–H groups in total. The van der Waals surface area contributed by atoms with Crippen LogP contribution in [0.4, 0.5) is 0 Å². The lowest BCUT2D eigenvalue weighted by Crippen LogP contribution is -2.41. The van der Waals surface area contributed by atoms with Crippen molar-refractivity contribution in [3.63, 3.8) is 0 Å². The summed E-state index contributed by atoms with van der Waals surface area (Å²) >= 11 is 0. The lowest BCUT2D eigenvalue weighted by atomic mass is 9.96. The molecule has 0 atom stereocenters. The second-order valence-corrected chi connectivity index (χ2v) is 8.31.